The Labute approximate surface area is 872 Å². The summed E-state index contributed by atoms with van der Waals surface area (Å²) in [6.07, 6.45) is 0. The van der Waals surface area contributed by atoms with Gasteiger partial charge < -0.3 is 18.4 Å². The van der Waals surface area contributed by atoms with Gasteiger partial charge in [0.1, 0.15) is 0 Å². The zero-order chi connectivity index (χ0) is 100. The van der Waals surface area contributed by atoms with E-state index in [9.17, 15) is 9.13 Å². The third-order valence-corrected chi connectivity index (χ3v) is 36.0. The molecule has 0 radical (unpaired) electrons. The summed E-state index contributed by atoms with van der Waals surface area (Å²) in [5.41, 5.74) is 25.6. The summed E-state index contributed by atoms with van der Waals surface area (Å²) >= 11 is 3.43. The van der Waals surface area contributed by atoms with Crippen LogP contribution in [0.1, 0.15) is 72.2 Å². The predicted molar refractivity (Wildman–Crippen MR) is 612 cm³/mol. The molecule has 14 heteroatoms. The monoisotopic (exact) mass is 2010 g/mol. The highest BCUT2D eigenvalue weighted by Gasteiger charge is 2.53. The minimum atomic E-state index is -3.05. The highest BCUT2D eigenvalue weighted by Crippen LogP contribution is 2.61. The van der Waals surface area contributed by atoms with Gasteiger partial charge in [0.05, 0.1) is 22.0 Å². The lowest BCUT2D eigenvalue weighted by Gasteiger charge is -2.33. The maximum atomic E-state index is 14.9. The molecule has 0 unspecified atom stereocenters. The number of benzene rings is 20. The minimum Gasteiger partial charge on any atom is -0.399 e. The second kappa shape index (κ2) is 40.4. The van der Waals surface area contributed by atoms with Gasteiger partial charge in [0.2, 0.25) is 0 Å². The number of fused-ring (bicyclic) bond motifs is 6. The van der Waals surface area contributed by atoms with Crippen molar-refractivity contribution < 1.29 is 18.4 Å². The van der Waals surface area contributed by atoms with Gasteiger partial charge in [0.25, 0.3) is 0 Å². The smallest absolute Gasteiger partial charge is 0.399 e. The van der Waals surface area contributed by atoms with Crippen molar-refractivity contribution in [3.63, 3.8) is 0 Å². The Balaban J connectivity index is 0.000000137. The van der Waals surface area contributed by atoms with E-state index >= 15 is 0 Å². The fourth-order valence-electron chi connectivity index (χ4n) is 21.3. The maximum Gasteiger partial charge on any atom is 0.494 e. The topological polar surface area (TPSA) is 130 Å². The van der Waals surface area contributed by atoms with E-state index in [2.05, 4.69) is 383 Å². The zero-order valence-corrected chi connectivity index (χ0v) is 85.3. The highest BCUT2D eigenvalue weighted by atomic mass is 79.9. The van der Waals surface area contributed by atoms with Crippen molar-refractivity contribution >= 4 is 74.6 Å². The first-order valence-corrected chi connectivity index (χ1v) is 54.1. The lowest BCUT2D eigenvalue weighted by Crippen LogP contribution is -2.41. The maximum absolute atomic E-state index is 14.9. The van der Waals surface area contributed by atoms with Crippen molar-refractivity contribution in [2.75, 3.05) is 0 Å². The first-order valence-electron chi connectivity index (χ1n) is 49.9. The van der Waals surface area contributed by atoms with Crippen LogP contribution in [0.5, 0.6) is 0 Å². The molecule has 1 aliphatic heterocycles. The predicted octanol–water partition coefficient (Wildman–Crippen LogP) is 29.5. The normalized spacial score (nSPS) is 13.6. The average Bonchev–Trinajstić information content (AvgIpc) is 1.53. The molecule has 0 N–H and O–H groups in total. The van der Waals surface area contributed by atoms with Crippen LogP contribution in [0.15, 0.2) is 538 Å². The Morgan fingerprint density at radius 1 is 0.203 bits per heavy atom. The SMILES string of the molecule is CC1(C)OB(c2ccc(-c3ccc(-c4nc(-c5ccccc5)nc(-c5cccc6c5-c5ccccc5C6(c5ccccc5)c5ccccc5)n4)cc3)cc2)OC1(C)C.O=P(c1ccccc1)(c1ccccc1)c1ccc(-c2ccc(-c3ccc(-c4nc(-c5ccccc5)nc(-c5cccc6c5-c5ccccc5C6(c5ccccc5)c5ccccc5)n4)cc3)cc2)cc1.O=P(c1ccccc1)(c1ccccc1)c1ccc(Br)cc1. The second-order valence-electron chi connectivity index (χ2n) is 38.4. The number of hydrogen-bond acceptors (Lipinski definition) is 10. The van der Waals surface area contributed by atoms with Crippen molar-refractivity contribution in [3.05, 3.63) is 583 Å². The van der Waals surface area contributed by atoms with Crippen molar-refractivity contribution in [1.82, 2.24) is 29.9 Å². The van der Waals surface area contributed by atoms with Crippen LogP contribution in [-0.2, 0) is 29.3 Å². The van der Waals surface area contributed by atoms with Crippen LogP contribution in [0.4, 0.5) is 0 Å². The molecule has 2 aromatic heterocycles. The Morgan fingerprint density at radius 2 is 0.412 bits per heavy atom. The fraction of sp³-hybridized carbons (Fsp3) is 0.0597. The van der Waals surface area contributed by atoms with Gasteiger partial charge >= 0.3 is 7.12 Å². The lowest BCUT2D eigenvalue weighted by atomic mass is 9.67. The fourth-order valence-corrected chi connectivity index (χ4v) is 26.9. The number of nitrogens with zero attached hydrogens (tertiary/aromatic N) is 6. The van der Waals surface area contributed by atoms with Gasteiger partial charge in [-0.3, -0.25) is 0 Å². The Bertz CT molecular complexity index is 8460. The molecule has 710 valence electrons. The molecule has 2 aliphatic carbocycles. The van der Waals surface area contributed by atoms with Gasteiger partial charge in [-0.05, 0) is 158 Å². The van der Waals surface area contributed by atoms with E-state index < -0.39 is 32.2 Å². The van der Waals surface area contributed by atoms with E-state index in [1.807, 2.05) is 194 Å². The molecule has 22 aromatic rings. The van der Waals surface area contributed by atoms with Gasteiger partial charge in [-0.1, -0.05) is 526 Å². The van der Waals surface area contributed by atoms with Crippen LogP contribution in [0.3, 0.4) is 0 Å². The summed E-state index contributed by atoms with van der Waals surface area (Å²) in [5, 5.41) is 5.03. The van der Waals surface area contributed by atoms with Gasteiger partial charge in [0, 0.05) is 69.7 Å². The lowest BCUT2D eigenvalue weighted by molar-refractivity contribution is 0.00578. The molecule has 3 aliphatic rings. The molecular weight excluding hydrogens is 1910 g/mol. The van der Waals surface area contributed by atoms with Gasteiger partial charge in [0.15, 0.2) is 49.2 Å². The van der Waals surface area contributed by atoms with Gasteiger partial charge in [-0.2, -0.15) is 0 Å². The second-order valence-corrected chi connectivity index (χ2v) is 44.8. The van der Waals surface area contributed by atoms with E-state index in [1.54, 1.807) is 0 Å². The number of halogens is 1. The molecule has 3 heterocycles. The van der Waals surface area contributed by atoms with Crippen molar-refractivity contribution in [2.24, 2.45) is 0 Å². The molecule has 1 saturated heterocycles. The standard InChI is InChI=1S/C64H44N3OP.C52H42BN3O2.C18H14BrOP/c68-69(53-25-12-4-13-26-53,54-27-14-5-15-28-54)55-43-41-48(42-44-55)46-35-33-45(34-36-46)47-37-39-50(40-38-47)62-65-61(49-19-6-1-7-20-49)66-63(67-62)57-30-18-32-59-60(57)56-29-16-17-31-58(56)64(59,51-21-8-2-9-22-51)52-23-10-3-11-24-52;1-50(2)51(3,4)58-53(57-50)41-33-31-36(32-34-41)35-27-29-38(30-28-35)48-54-47(37-17-8-5-9-18-37)55-49(56-48)43-24-16-26-45-46(43)42-23-14-15-25-44(42)52(45,39-19-10-6-11-20-39)40-21-12-7-13-22-40;19-15-11-13-18(14-12-15)21(20,16-7-3-1-4-8-16)17-9-5-2-6-10-17/h1-44H;5-34H,1-4H3;1-14H. The van der Waals surface area contributed by atoms with Crippen molar-refractivity contribution in [2.45, 2.75) is 49.7 Å². The number of rotatable bonds is 20. The Kier molecular flexibility index (Phi) is 25.9. The molecule has 0 amide bonds. The van der Waals surface area contributed by atoms with Crippen molar-refractivity contribution in [3.8, 4) is 124 Å². The van der Waals surface area contributed by atoms with E-state index in [0.29, 0.717) is 34.9 Å². The molecule has 0 bridgehead atoms. The Hall–Kier alpha value is -16.7. The Morgan fingerprint density at radius 3 is 0.709 bits per heavy atom. The van der Waals surface area contributed by atoms with Crippen molar-refractivity contribution in [1.29, 1.82) is 0 Å². The molecule has 0 atom stereocenters. The van der Waals surface area contributed by atoms with Crippen LogP contribution in [0.2, 0.25) is 0 Å². The number of aromatic nitrogens is 6. The largest absolute Gasteiger partial charge is 0.494 e. The summed E-state index contributed by atoms with van der Waals surface area (Å²) in [6.45, 7) is 8.31. The van der Waals surface area contributed by atoms with Gasteiger partial charge in [-0.15, -0.1) is 0 Å². The van der Waals surface area contributed by atoms with Crippen LogP contribution in [-0.4, -0.2) is 48.2 Å². The van der Waals surface area contributed by atoms with E-state index in [0.717, 1.165) is 120 Å². The first-order chi connectivity index (χ1) is 72.5. The summed E-state index contributed by atoms with van der Waals surface area (Å²) in [5.74, 6) is 3.73. The average molecular weight is 2010 g/mol. The summed E-state index contributed by atoms with van der Waals surface area (Å²) in [4.78, 5) is 31.3. The third-order valence-electron chi connectivity index (χ3n) is 29.3. The summed E-state index contributed by atoms with van der Waals surface area (Å²) in [6, 6.07) is 183. The molecule has 0 spiro atoms. The molecule has 1 fully saturated rings. The zero-order valence-electron chi connectivity index (χ0n) is 82.0. The van der Waals surface area contributed by atoms with E-state index in [1.165, 1.54) is 55.6 Å². The highest BCUT2D eigenvalue weighted by molar-refractivity contribution is 9.10. The molecule has 25 rings (SSSR count). The molecular formula is C134H100BBrN6O4P2. The van der Waals surface area contributed by atoms with E-state index in [-0.39, 0.29) is 11.2 Å². The third kappa shape index (κ3) is 17.6. The molecule has 10 nitrogen and oxygen atoms in total. The van der Waals surface area contributed by atoms with Crippen LogP contribution >= 0.6 is 30.2 Å². The minimum absolute atomic E-state index is 0.388. The van der Waals surface area contributed by atoms with Crippen LogP contribution in [0.25, 0.3) is 124 Å². The van der Waals surface area contributed by atoms with Gasteiger partial charge in [-0.25, -0.2) is 29.9 Å². The quantitative estimate of drug-likeness (QED) is 0.0537. The van der Waals surface area contributed by atoms with E-state index in [4.69, 9.17) is 39.2 Å². The first kappa shape index (κ1) is 94.9. The van der Waals surface area contributed by atoms with Crippen LogP contribution < -0.4 is 37.3 Å². The summed E-state index contributed by atoms with van der Waals surface area (Å²) < 4.78 is 42.4. The van der Waals surface area contributed by atoms with Crippen LogP contribution in [0, 0.1) is 0 Å². The number of hydrogen-bond donors (Lipinski definition) is 0. The molecule has 148 heavy (non-hydrogen) atoms. The molecule has 20 aromatic carbocycles. The molecule has 0 saturated carbocycles. The summed E-state index contributed by atoms with van der Waals surface area (Å²) in [7, 11) is -6.27.